The number of nitrogens with two attached hydrogens (primary N) is 1. The first-order valence-electron chi connectivity index (χ1n) is 4.41. The van der Waals surface area contributed by atoms with Crippen molar-refractivity contribution < 1.29 is 4.79 Å². The minimum Gasteiger partial charge on any atom is -0.334 e. The lowest BCUT2D eigenvalue weighted by atomic mass is 10.3. The predicted octanol–water partition coefficient (Wildman–Crippen LogP) is 0.385. The highest BCUT2D eigenvalue weighted by Gasteiger charge is 2.10. The lowest BCUT2D eigenvalue weighted by Crippen LogP contribution is -2.46. The van der Waals surface area contributed by atoms with E-state index in [1.165, 1.54) is 0 Å². The van der Waals surface area contributed by atoms with E-state index in [2.05, 4.69) is 5.32 Å². The van der Waals surface area contributed by atoms with E-state index >= 15 is 0 Å². The Hall–Kier alpha value is -0.770. The fourth-order valence-corrected chi connectivity index (χ4v) is 0.872. The van der Waals surface area contributed by atoms with Gasteiger partial charge in [-0.15, -0.1) is 0 Å². The Morgan fingerprint density at radius 1 is 1.50 bits per heavy atom. The van der Waals surface area contributed by atoms with E-state index in [4.69, 9.17) is 5.73 Å². The van der Waals surface area contributed by atoms with Gasteiger partial charge in [-0.2, -0.15) is 0 Å². The molecule has 0 aliphatic rings. The molecule has 1 atom stereocenters. The summed E-state index contributed by atoms with van der Waals surface area (Å²) in [5.41, 5.74) is 5.37. The summed E-state index contributed by atoms with van der Waals surface area (Å²) in [6.45, 7) is 7.75. The molecule has 12 heavy (non-hydrogen) atoms. The molecule has 0 aliphatic heterocycles. The maximum atomic E-state index is 11.3. The Labute approximate surface area is 74.1 Å². The number of amides is 2. The van der Waals surface area contributed by atoms with Gasteiger partial charge >= 0.3 is 6.03 Å². The van der Waals surface area contributed by atoms with E-state index in [0.29, 0.717) is 6.54 Å². The van der Waals surface area contributed by atoms with Crippen molar-refractivity contribution in [1.29, 1.82) is 0 Å². The van der Waals surface area contributed by atoms with E-state index in [1.807, 2.05) is 20.8 Å². The first-order chi connectivity index (χ1) is 5.65. The zero-order chi connectivity index (χ0) is 9.56. The van der Waals surface area contributed by atoms with Gasteiger partial charge in [0.2, 0.25) is 0 Å². The van der Waals surface area contributed by atoms with Gasteiger partial charge in [-0.3, -0.25) is 0 Å². The molecule has 2 amide bonds. The molecule has 3 N–H and O–H groups in total. The van der Waals surface area contributed by atoms with Crippen LogP contribution in [0.2, 0.25) is 0 Å². The molecule has 0 aliphatic carbocycles. The minimum absolute atomic E-state index is 0.0297. The molecule has 0 bridgehead atoms. The second-order valence-corrected chi connectivity index (χ2v) is 2.76. The third-order valence-electron chi connectivity index (χ3n) is 1.77. The highest BCUT2D eigenvalue weighted by Crippen LogP contribution is 1.89. The second-order valence-electron chi connectivity index (χ2n) is 2.76. The monoisotopic (exact) mass is 173 g/mol. The molecule has 4 nitrogen and oxygen atoms in total. The Bertz CT molecular complexity index is 134. The molecule has 0 fully saturated rings. The van der Waals surface area contributed by atoms with Crippen molar-refractivity contribution in [3.8, 4) is 0 Å². The van der Waals surface area contributed by atoms with Crippen LogP contribution in [0.25, 0.3) is 0 Å². The van der Waals surface area contributed by atoms with Crippen molar-refractivity contribution in [3.05, 3.63) is 0 Å². The summed E-state index contributed by atoms with van der Waals surface area (Å²) in [6.07, 6.45) is 0. The van der Waals surface area contributed by atoms with E-state index in [1.54, 1.807) is 4.90 Å². The molecular formula is C8H19N3O. The van der Waals surface area contributed by atoms with Crippen LogP contribution >= 0.6 is 0 Å². The molecule has 0 saturated heterocycles. The molecule has 0 radical (unpaired) electrons. The molecule has 0 spiro atoms. The fourth-order valence-electron chi connectivity index (χ4n) is 0.872. The lowest BCUT2D eigenvalue weighted by molar-refractivity contribution is 0.200. The summed E-state index contributed by atoms with van der Waals surface area (Å²) in [6, 6.07) is 0.0241. The number of hydrogen-bond acceptors (Lipinski definition) is 2. The van der Waals surface area contributed by atoms with Crippen LogP contribution in [0.1, 0.15) is 20.8 Å². The summed E-state index contributed by atoms with van der Waals surface area (Å²) in [5.74, 6) is 0. The Morgan fingerprint density at radius 2 is 2.00 bits per heavy atom. The van der Waals surface area contributed by atoms with Crippen LogP contribution in [0.15, 0.2) is 0 Å². The highest BCUT2D eigenvalue weighted by atomic mass is 16.2. The van der Waals surface area contributed by atoms with Crippen LogP contribution in [0.5, 0.6) is 0 Å². The van der Waals surface area contributed by atoms with Crippen molar-refractivity contribution in [2.45, 2.75) is 26.8 Å². The first kappa shape index (κ1) is 11.2. The molecule has 0 aromatic heterocycles. The van der Waals surface area contributed by atoms with Gasteiger partial charge in [-0.25, -0.2) is 4.79 Å². The largest absolute Gasteiger partial charge is 0.334 e. The van der Waals surface area contributed by atoms with E-state index in [0.717, 1.165) is 13.1 Å². The van der Waals surface area contributed by atoms with Crippen LogP contribution < -0.4 is 11.1 Å². The summed E-state index contributed by atoms with van der Waals surface area (Å²) in [5, 5.41) is 2.79. The maximum Gasteiger partial charge on any atom is 0.317 e. The van der Waals surface area contributed by atoms with Gasteiger partial charge in [0, 0.05) is 25.7 Å². The van der Waals surface area contributed by atoms with E-state index in [9.17, 15) is 4.79 Å². The highest BCUT2D eigenvalue weighted by molar-refractivity contribution is 5.74. The van der Waals surface area contributed by atoms with Crippen molar-refractivity contribution in [3.63, 3.8) is 0 Å². The molecule has 4 heteroatoms. The van der Waals surface area contributed by atoms with Gasteiger partial charge in [0.25, 0.3) is 0 Å². The number of carbonyl (C=O) groups excluding carboxylic acids is 1. The van der Waals surface area contributed by atoms with Crippen LogP contribution in [0, 0.1) is 0 Å². The van der Waals surface area contributed by atoms with Crippen LogP contribution in [0.3, 0.4) is 0 Å². The standard InChI is InChI=1S/C8H19N3O/c1-4-11(5-2)8(12)10-7(3)6-9/h7H,4-6,9H2,1-3H3,(H,10,12)/t7-/m1/s1. The molecule has 0 heterocycles. The number of urea groups is 1. The average Bonchev–Trinajstić information content (AvgIpc) is 2.06. The Morgan fingerprint density at radius 3 is 2.33 bits per heavy atom. The lowest BCUT2D eigenvalue weighted by Gasteiger charge is -2.21. The average molecular weight is 173 g/mol. The summed E-state index contributed by atoms with van der Waals surface area (Å²) in [7, 11) is 0. The van der Waals surface area contributed by atoms with Gasteiger partial charge in [0.1, 0.15) is 0 Å². The van der Waals surface area contributed by atoms with Crippen molar-refractivity contribution in [2.75, 3.05) is 19.6 Å². The summed E-state index contributed by atoms with van der Waals surface area (Å²) >= 11 is 0. The van der Waals surface area contributed by atoms with Crippen molar-refractivity contribution in [1.82, 2.24) is 10.2 Å². The number of nitrogens with zero attached hydrogens (tertiary/aromatic N) is 1. The smallest absolute Gasteiger partial charge is 0.317 e. The van der Waals surface area contributed by atoms with E-state index < -0.39 is 0 Å². The van der Waals surface area contributed by atoms with Gasteiger partial charge < -0.3 is 16.0 Å². The van der Waals surface area contributed by atoms with Crippen LogP contribution in [-0.4, -0.2) is 36.6 Å². The zero-order valence-electron chi connectivity index (χ0n) is 8.13. The number of nitrogens with one attached hydrogen (secondary N) is 1. The summed E-state index contributed by atoms with van der Waals surface area (Å²) < 4.78 is 0. The van der Waals surface area contributed by atoms with E-state index in [-0.39, 0.29) is 12.1 Å². The third kappa shape index (κ3) is 3.57. The molecule has 0 saturated carbocycles. The molecule has 72 valence electrons. The number of rotatable bonds is 4. The predicted molar refractivity (Wildman–Crippen MR) is 50.0 cm³/mol. The Balaban J connectivity index is 3.84. The molecule has 0 aromatic carbocycles. The molecule has 0 unspecified atom stereocenters. The topological polar surface area (TPSA) is 58.4 Å². The second kappa shape index (κ2) is 5.83. The normalized spacial score (nSPS) is 12.3. The van der Waals surface area contributed by atoms with Gasteiger partial charge in [-0.1, -0.05) is 0 Å². The van der Waals surface area contributed by atoms with Gasteiger partial charge in [0.05, 0.1) is 0 Å². The summed E-state index contributed by atoms with van der Waals surface area (Å²) in [4.78, 5) is 13.1. The van der Waals surface area contributed by atoms with Crippen molar-refractivity contribution in [2.24, 2.45) is 5.73 Å². The molecular weight excluding hydrogens is 154 g/mol. The fraction of sp³-hybridized carbons (Fsp3) is 0.875. The SMILES string of the molecule is CCN(CC)C(=O)N[C@H](C)CN. The first-order valence-corrected chi connectivity index (χ1v) is 4.41. The molecule has 0 rings (SSSR count). The molecule has 0 aromatic rings. The van der Waals surface area contributed by atoms with Crippen molar-refractivity contribution >= 4 is 6.03 Å². The number of hydrogen-bond donors (Lipinski definition) is 2. The third-order valence-corrected chi connectivity index (χ3v) is 1.77. The van der Waals surface area contributed by atoms with Crippen LogP contribution in [-0.2, 0) is 0 Å². The van der Waals surface area contributed by atoms with Gasteiger partial charge in [0.15, 0.2) is 0 Å². The Kier molecular flexibility index (Phi) is 5.45. The van der Waals surface area contributed by atoms with Crippen LogP contribution in [0.4, 0.5) is 4.79 Å². The van der Waals surface area contributed by atoms with Gasteiger partial charge in [-0.05, 0) is 20.8 Å². The quantitative estimate of drug-likeness (QED) is 0.646. The zero-order valence-corrected chi connectivity index (χ0v) is 8.13. The maximum absolute atomic E-state index is 11.3. The number of carbonyl (C=O) groups is 1. The minimum atomic E-state index is -0.0297.